The van der Waals surface area contributed by atoms with Crippen molar-refractivity contribution in [1.29, 1.82) is 0 Å². The molecule has 0 saturated heterocycles. The van der Waals surface area contributed by atoms with Crippen LogP contribution in [0.5, 0.6) is 0 Å². The van der Waals surface area contributed by atoms with Crippen LogP contribution in [0.2, 0.25) is 0 Å². The van der Waals surface area contributed by atoms with Gasteiger partial charge in [-0.25, -0.2) is 4.79 Å². The maximum Gasteiger partial charge on any atom is 0.354 e. The molecule has 0 bridgehead atoms. The Kier molecular flexibility index (Phi) is 2.56. The normalized spacial score (nSPS) is 19.8. The molecular weight excluding hydrogens is 236 g/mol. The molecule has 0 fully saturated rings. The van der Waals surface area contributed by atoms with E-state index in [0.717, 1.165) is 16.7 Å². The van der Waals surface area contributed by atoms with Gasteiger partial charge in [0, 0.05) is 16.9 Å². The lowest BCUT2D eigenvalue weighted by molar-refractivity contribution is 0.0673. The molecule has 0 spiro atoms. The van der Waals surface area contributed by atoms with Crippen molar-refractivity contribution in [2.75, 3.05) is 6.61 Å². The third kappa shape index (κ3) is 1.63. The van der Waals surface area contributed by atoms with Crippen LogP contribution in [0.25, 0.3) is 10.1 Å². The Morgan fingerprint density at radius 1 is 1.47 bits per heavy atom. The van der Waals surface area contributed by atoms with Crippen molar-refractivity contribution < 1.29 is 9.15 Å². The van der Waals surface area contributed by atoms with Crippen LogP contribution < -0.4 is 5.63 Å². The van der Waals surface area contributed by atoms with E-state index in [1.54, 1.807) is 0 Å². The maximum absolute atomic E-state index is 11.9. The highest BCUT2D eigenvalue weighted by Crippen LogP contribution is 2.35. The highest BCUT2D eigenvalue weighted by Gasteiger charge is 2.28. The molecule has 90 valence electrons. The molecule has 2 aromatic heterocycles. The minimum atomic E-state index is -0.207. The molecule has 0 saturated carbocycles. The average molecular weight is 250 g/mol. The number of ether oxygens (including phenoxy) is 1. The number of fused-ring (bicyclic) bond motifs is 3. The zero-order valence-corrected chi connectivity index (χ0v) is 10.7. The van der Waals surface area contributed by atoms with Crippen LogP contribution >= 0.6 is 11.3 Å². The summed E-state index contributed by atoms with van der Waals surface area (Å²) in [7, 11) is 0. The van der Waals surface area contributed by atoms with E-state index in [4.69, 9.17) is 9.15 Å². The largest absolute Gasteiger partial charge is 0.426 e. The predicted octanol–water partition coefficient (Wildman–Crippen LogP) is 3.12. The van der Waals surface area contributed by atoms with E-state index in [1.165, 1.54) is 11.3 Å². The van der Waals surface area contributed by atoms with E-state index in [9.17, 15) is 4.79 Å². The first-order valence-corrected chi connectivity index (χ1v) is 6.67. The van der Waals surface area contributed by atoms with Crippen molar-refractivity contribution in [3.63, 3.8) is 0 Å². The van der Waals surface area contributed by atoms with Crippen LogP contribution in [0.1, 0.15) is 31.1 Å². The second-order valence-electron chi connectivity index (χ2n) is 4.76. The lowest BCUT2D eigenvalue weighted by Crippen LogP contribution is -2.23. The van der Waals surface area contributed by atoms with E-state index in [2.05, 4.69) is 13.8 Å². The third-order valence-corrected chi connectivity index (χ3v) is 4.26. The van der Waals surface area contributed by atoms with Gasteiger partial charge in [-0.2, -0.15) is 0 Å². The summed E-state index contributed by atoms with van der Waals surface area (Å²) in [6.07, 6.45) is 0. The monoisotopic (exact) mass is 250 g/mol. The second kappa shape index (κ2) is 3.96. The van der Waals surface area contributed by atoms with Gasteiger partial charge in [0.05, 0.1) is 13.2 Å². The predicted molar refractivity (Wildman–Crippen MR) is 67.6 cm³/mol. The second-order valence-corrected chi connectivity index (χ2v) is 5.68. The molecule has 4 heteroatoms. The Morgan fingerprint density at radius 3 is 3.06 bits per heavy atom. The molecule has 0 aromatic carbocycles. The van der Waals surface area contributed by atoms with Crippen molar-refractivity contribution in [2.45, 2.75) is 26.4 Å². The number of hydrogen-bond donors (Lipinski definition) is 0. The summed E-state index contributed by atoms with van der Waals surface area (Å²) in [5, 5.41) is 2.94. The fourth-order valence-corrected chi connectivity index (χ4v) is 3.15. The van der Waals surface area contributed by atoms with Crippen molar-refractivity contribution in [3.8, 4) is 0 Å². The summed E-state index contributed by atoms with van der Waals surface area (Å²) >= 11 is 1.43. The summed E-state index contributed by atoms with van der Waals surface area (Å²) in [5.74, 6) is 1.44. The fraction of sp³-hybridized carbons (Fsp3) is 0.462. The molecule has 17 heavy (non-hydrogen) atoms. The molecule has 1 atom stereocenters. The van der Waals surface area contributed by atoms with Crippen LogP contribution in [-0.4, -0.2) is 6.61 Å². The van der Waals surface area contributed by atoms with Crippen LogP contribution in [-0.2, 0) is 11.3 Å². The molecule has 1 aliphatic heterocycles. The maximum atomic E-state index is 11.9. The zero-order valence-electron chi connectivity index (χ0n) is 9.86. The number of thiophene rings is 1. The molecule has 0 N–H and O–H groups in total. The van der Waals surface area contributed by atoms with Gasteiger partial charge in [-0.05, 0) is 17.4 Å². The van der Waals surface area contributed by atoms with Crippen LogP contribution in [0.3, 0.4) is 0 Å². The number of hydrogen-bond acceptors (Lipinski definition) is 4. The molecule has 0 aliphatic carbocycles. The molecule has 0 radical (unpaired) electrons. The first-order chi connectivity index (χ1) is 8.18. The highest BCUT2D eigenvalue weighted by atomic mass is 32.1. The van der Waals surface area contributed by atoms with Gasteiger partial charge in [-0.1, -0.05) is 13.8 Å². The van der Waals surface area contributed by atoms with Gasteiger partial charge in [-0.3, -0.25) is 0 Å². The molecular formula is C13H14O3S. The molecule has 0 amide bonds. The molecule has 2 aromatic rings. The van der Waals surface area contributed by atoms with E-state index >= 15 is 0 Å². The topological polar surface area (TPSA) is 39.4 Å². The Bertz CT molecular complexity index is 609. The fourth-order valence-electron chi connectivity index (χ4n) is 2.35. The van der Waals surface area contributed by atoms with Gasteiger partial charge >= 0.3 is 5.63 Å². The number of rotatable bonds is 1. The summed E-state index contributed by atoms with van der Waals surface area (Å²) in [4.78, 5) is 11.9. The molecule has 3 heterocycles. The smallest absolute Gasteiger partial charge is 0.354 e. The average Bonchev–Trinajstić information content (AvgIpc) is 2.78. The Hall–Kier alpha value is -1.13. The van der Waals surface area contributed by atoms with Gasteiger partial charge < -0.3 is 9.15 Å². The molecule has 3 rings (SSSR count). The van der Waals surface area contributed by atoms with Crippen LogP contribution in [0, 0.1) is 5.92 Å². The van der Waals surface area contributed by atoms with Gasteiger partial charge in [0.25, 0.3) is 0 Å². The van der Waals surface area contributed by atoms with E-state index in [-0.39, 0.29) is 11.5 Å². The minimum absolute atomic E-state index is 0.191. The minimum Gasteiger partial charge on any atom is -0.426 e. The molecule has 3 nitrogen and oxygen atoms in total. The van der Waals surface area contributed by atoms with Crippen molar-refractivity contribution in [1.82, 2.24) is 0 Å². The standard InChI is InChI=1S/C13H14O3S/c1-7(2)9-5-15-6-10-8-3-4-17-12(8)13(14)16-11(9)10/h3-4,7,9H,5-6H2,1-2H3. The lowest BCUT2D eigenvalue weighted by atomic mass is 9.89. The molecule has 1 aliphatic rings. The van der Waals surface area contributed by atoms with Crippen LogP contribution in [0.4, 0.5) is 0 Å². The Balaban J connectivity index is 2.31. The van der Waals surface area contributed by atoms with E-state index in [0.29, 0.717) is 23.8 Å². The van der Waals surface area contributed by atoms with Crippen LogP contribution in [0.15, 0.2) is 20.7 Å². The van der Waals surface area contributed by atoms with Gasteiger partial charge in [-0.15, -0.1) is 11.3 Å². The first-order valence-electron chi connectivity index (χ1n) is 5.79. The summed E-state index contributed by atoms with van der Waals surface area (Å²) in [6, 6.07) is 1.99. The SMILES string of the molecule is CC(C)C1COCc2c1oc(=O)c1sccc21. The van der Waals surface area contributed by atoms with Gasteiger partial charge in [0.15, 0.2) is 0 Å². The van der Waals surface area contributed by atoms with Crippen molar-refractivity contribution >= 4 is 21.4 Å². The molecule has 1 unspecified atom stereocenters. The summed E-state index contributed by atoms with van der Waals surface area (Å²) < 4.78 is 11.9. The highest BCUT2D eigenvalue weighted by molar-refractivity contribution is 7.17. The Labute approximate surface area is 103 Å². The summed E-state index contributed by atoms with van der Waals surface area (Å²) in [6.45, 7) is 5.45. The summed E-state index contributed by atoms with van der Waals surface area (Å²) in [5.41, 5.74) is 0.854. The van der Waals surface area contributed by atoms with E-state index < -0.39 is 0 Å². The first kappa shape index (κ1) is 11.0. The van der Waals surface area contributed by atoms with Crippen molar-refractivity contribution in [2.24, 2.45) is 5.92 Å². The third-order valence-electron chi connectivity index (χ3n) is 3.36. The van der Waals surface area contributed by atoms with E-state index in [1.807, 2.05) is 11.4 Å². The zero-order chi connectivity index (χ0) is 12.0. The Morgan fingerprint density at radius 2 is 2.29 bits per heavy atom. The van der Waals surface area contributed by atoms with Gasteiger partial charge in [0.1, 0.15) is 10.5 Å². The van der Waals surface area contributed by atoms with Gasteiger partial charge in [0.2, 0.25) is 0 Å². The quantitative estimate of drug-likeness (QED) is 0.780. The van der Waals surface area contributed by atoms with Crippen molar-refractivity contribution in [3.05, 3.63) is 33.2 Å². The lowest BCUT2D eigenvalue weighted by Gasteiger charge is -2.26.